The Morgan fingerprint density at radius 1 is 1.06 bits per heavy atom. The minimum absolute atomic E-state index is 0.438. The average Bonchev–Trinajstić information content (AvgIpc) is 2.26. The van der Waals surface area contributed by atoms with Crippen LogP contribution in [0.15, 0.2) is 12.3 Å². The number of hydrogen-bond donors (Lipinski definition) is 1. The molecule has 0 aliphatic rings. The van der Waals surface area contributed by atoms with Crippen LogP contribution in [-0.4, -0.2) is 6.04 Å². The van der Waals surface area contributed by atoms with Crippen LogP contribution in [0.1, 0.15) is 80.1 Å². The van der Waals surface area contributed by atoms with Crippen LogP contribution in [-0.2, 0) is 0 Å². The lowest BCUT2D eigenvalue weighted by Gasteiger charge is -2.31. The molecular weight excluding hydrogens is 218 g/mol. The summed E-state index contributed by atoms with van der Waals surface area (Å²) in [6.45, 7) is 18.0. The lowest BCUT2D eigenvalue weighted by Crippen LogP contribution is -2.29. The van der Waals surface area contributed by atoms with Gasteiger partial charge >= 0.3 is 0 Å². The van der Waals surface area contributed by atoms with Crippen molar-refractivity contribution in [2.24, 2.45) is 11.3 Å². The molecule has 0 heterocycles. The predicted molar refractivity (Wildman–Crippen MR) is 83.7 cm³/mol. The normalized spacial score (nSPS) is 15.2. The molecule has 0 aliphatic carbocycles. The Labute approximate surface area is 115 Å². The fourth-order valence-electron chi connectivity index (χ4n) is 2.69. The molecule has 0 aromatic heterocycles. The van der Waals surface area contributed by atoms with Gasteiger partial charge in [-0.1, -0.05) is 61.0 Å². The van der Waals surface area contributed by atoms with Crippen LogP contribution < -0.4 is 5.32 Å². The van der Waals surface area contributed by atoms with E-state index in [1.807, 2.05) is 0 Å². The van der Waals surface area contributed by atoms with Crippen molar-refractivity contribution < 1.29 is 0 Å². The summed E-state index contributed by atoms with van der Waals surface area (Å²) in [6.07, 6.45) is 7.37. The van der Waals surface area contributed by atoms with Crippen molar-refractivity contribution in [3.8, 4) is 0 Å². The molecule has 0 amide bonds. The molecule has 0 saturated heterocycles. The van der Waals surface area contributed by atoms with Gasteiger partial charge in [-0.3, -0.25) is 0 Å². The number of allylic oxidation sites excluding steroid dienone is 1. The zero-order valence-electron chi connectivity index (χ0n) is 13.6. The molecule has 0 aromatic carbocycles. The van der Waals surface area contributed by atoms with Gasteiger partial charge in [-0.05, 0) is 37.0 Å². The topological polar surface area (TPSA) is 12.0 Å². The van der Waals surface area contributed by atoms with Crippen LogP contribution >= 0.6 is 0 Å². The molecule has 1 nitrogen and oxygen atoms in total. The number of nitrogens with one attached hydrogen (secondary N) is 1. The zero-order valence-corrected chi connectivity index (χ0v) is 13.6. The summed E-state index contributed by atoms with van der Waals surface area (Å²) < 4.78 is 0. The molecule has 18 heavy (non-hydrogen) atoms. The second-order valence-corrected chi connectivity index (χ2v) is 6.65. The molecule has 2 atom stereocenters. The Morgan fingerprint density at radius 3 is 2.06 bits per heavy atom. The number of hydrogen-bond acceptors (Lipinski definition) is 1. The molecule has 0 aliphatic heterocycles. The monoisotopic (exact) mass is 253 g/mol. The average molecular weight is 253 g/mol. The smallest absolute Gasteiger partial charge is 0.0255 e. The molecule has 1 N–H and O–H groups in total. The van der Waals surface area contributed by atoms with Gasteiger partial charge in [-0.15, -0.1) is 0 Å². The second-order valence-electron chi connectivity index (χ2n) is 6.65. The lowest BCUT2D eigenvalue weighted by molar-refractivity contribution is 0.207. The molecule has 0 saturated carbocycles. The molecular formula is C17H35N. The number of rotatable bonds is 9. The fraction of sp³-hybridized carbons (Fsp3) is 0.882. The van der Waals surface area contributed by atoms with Crippen LogP contribution in [0.5, 0.6) is 0 Å². The van der Waals surface area contributed by atoms with Crippen LogP contribution in [0.25, 0.3) is 0 Å². The summed E-state index contributed by atoms with van der Waals surface area (Å²) in [6, 6.07) is 0.612. The molecule has 0 rings (SSSR count). The predicted octanol–water partition coefficient (Wildman–Crippen LogP) is 5.52. The third-order valence-corrected chi connectivity index (χ3v) is 4.03. The van der Waals surface area contributed by atoms with Crippen molar-refractivity contribution in [3.05, 3.63) is 12.3 Å². The van der Waals surface area contributed by atoms with Gasteiger partial charge < -0.3 is 5.32 Å². The molecule has 1 unspecified atom stereocenters. The first-order valence-electron chi connectivity index (χ1n) is 7.79. The SMILES string of the molecule is C=C(CCC)N[C@H](CC)CCC(CC)C(C)(C)C. The highest BCUT2D eigenvalue weighted by atomic mass is 14.9. The standard InChI is InChI=1S/C17H35N/c1-8-11-14(4)18-16(10-3)13-12-15(9-2)17(5,6)7/h15-16,18H,4,8-13H2,1-3,5-7H3/t15?,16-/m1/s1. The van der Waals surface area contributed by atoms with Gasteiger partial charge in [-0.25, -0.2) is 0 Å². The summed E-state index contributed by atoms with van der Waals surface area (Å²) in [7, 11) is 0. The van der Waals surface area contributed by atoms with E-state index in [-0.39, 0.29) is 0 Å². The van der Waals surface area contributed by atoms with Crippen LogP contribution in [0, 0.1) is 11.3 Å². The Morgan fingerprint density at radius 2 is 1.67 bits per heavy atom. The van der Waals surface area contributed by atoms with Gasteiger partial charge in [0.05, 0.1) is 0 Å². The quantitative estimate of drug-likeness (QED) is 0.570. The molecule has 0 radical (unpaired) electrons. The van der Waals surface area contributed by atoms with Crippen LogP contribution in [0.2, 0.25) is 0 Å². The van der Waals surface area contributed by atoms with E-state index in [9.17, 15) is 0 Å². The van der Waals surface area contributed by atoms with Gasteiger partial charge in [0.2, 0.25) is 0 Å². The Hall–Kier alpha value is -0.460. The van der Waals surface area contributed by atoms with Gasteiger partial charge in [0.15, 0.2) is 0 Å². The van der Waals surface area contributed by atoms with E-state index < -0.39 is 0 Å². The van der Waals surface area contributed by atoms with Crippen LogP contribution in [0.4, 0.5) is 0 Å². The highest BCUT2D eigenvalue weighted by molar-refractivity contribution is 4.93. The first kappa shape index (κ1) is 17.5. The first-order chi connectivity index (χ1) is 8.35. The molecule has 0 fully saturated rings. The largest absolute Gasteiger partial charge is 0.386 e. The molecule has 0 spiro atoms. The Bertz CT molecular complexity index is 224. The van der Waals surface area contributed by atoms with E-state index in [0.717, 1.165) is 12.3 Å². The third-order valence-electron chi connectivity index (χ3n) is 4.03. The van der Waals surface area contributed by atoms with E-state index >= 15 is 0 Å². The van der Waals surface area contributed by atoms with Crippen LogP contribution in [0.3, 0.4) is 0 Å². The van der Waals surface area contributed by atoms with Crippen molar-refractivity contribution >= 4 is 0 Å². The summed E-state index contributed by atoms with van der Waals surface area (Å²) in [5.41, 5.74) is 1.65. The summed E-state index contributed by atoms with van der Waals surface area (Å²) >= 11 is 0. The van der Waals surface area contributed by atoms with Crippen molar-refractivity contribution in [1.29, 1.82) is 0 Å². The zero-order chi connectivity index (χ0) is 14.2. The van der Waals surface area contributed by atoms with Crippen molar-refractivity contribution in [2.45, 2.75) is 86.1 Å². The lowest BCUT2D eigenvalue weighted by atomic mass is 9.76. The maximum absolute atomic E-state index is 4.12. The molecule has 108 valence electrons. The van der Waals surface area contributed by atoms with E-state index in [2.05, 4.69) is 53.4 Å². The minimum atomic E-state index is 0.438. The highest BCUT2D eigenvalue weighted by Crippen LogP contribution is 2.32. The molecule has 0 aromatic rings. The maximum atomic E-state index is 4.12. The third kappa shape index (κ3) is 7.08. The maximum Gasteiger partial charge on any atom is 0.0255 e. The summed E-state index contributed by atoms with van der Waals surface area (Å²) in [4.78, 5) is 0. The van der Waals surface area contributed by atoms with Gasteiger partial charge in [0.1, 0.15) is 0 Å². The molecule has 0 bridgehead atoms. The second kappa shape index (κ2) is 8.61. The van der Waals surface area contributed by atoms with Gasteiger partial charge in [0, 0.05) is 11.7 Å². The first-order valence-corrected chi connectivity index (χ1v) is 7.79. The van der Waals surface area contributed by atoms with Crippen molar-refractivity contribution in [1.82, 2.24) is 5.32 Å². The van der Waals surface area contributed by atoms with E-state index in [1.54, 1.807) is 0 Å². The van der Waals surface area contributed by atoms with Gasteiger partial charge in [-0.2, -0.15) is 0 Å². The van der Waals surface area contributed by atoms with Gasteiger partial charge in [0.25, 0.3) is 0 Å². The Kier molecular flexibility index (Phi) is 8.39. The highest BCUT2D eigenvalue weighted by Gasteiger charge is 2.23. The summed E-state index contributed by atoms with van der Waals surface area (Å²) in [5, 5.41) is 3.60. The van der Waals surface area contributed by atoms with Crippen molar-refractivity contribution in [3.63, 3.8) is 0 Å². The fourth-order valence-corrected chi connectivity index (χ4v) is 2.69. The summed E-state index contributed by atoms with van der Waals surface area (Å²) in [5.74, 6) is 0.827. The minimum Gasteiger partial charge on any atom is -0.386 e. The van der Waals surface area contributed by atoms with E-state index in [0.29, 0.717) is 11.5 Å². The van der Waals surface area contributed by atoms with E-state index in [4.69, 9.17) is 0 Å². The van der Waals surface area contributed by atoms with Crippen molar-refractivity contribution in [2.75, 3.05) is 0 Å². The molecule has 1 heteroatoms. The van der Waals surface area contributed by atoms with E-state index in [1.165, 1.54) is 37.8 Å². The Balaban J connectivity index is 4.17.